The summed E-state index contributed by atoms with van der Waals surface area (Å²) in [5.74, 6) is 0.745. The monoisotopic (exact) mass is 211 g/mol. The highest BCUT2D eigenvalue weighted by Gasteiger charge is 2.54. The van der Waals surface area contributed by atoms with E-state index < -0.39 is 0 Å². The highest BCUT2D eigenvalue weighted by Crippen LogP contribution is 2.47. The summed E-state index contributed by atoms with van der Waals surface area (Å²) in [6.07, 6.45) is 1.61. The molecule has 2 bridgehead atoms. The Hall–Kier alpha value is -0.0800. The Morgan fingerprint density at radius 3 is 2.07 bits per heavy atom. The largest absolute Gasteiger partial charge is 0.363 e. The summed E-state index contributed by atoms with van der Waals surface area (Å²) in [4.78, 5) is 2.60. The van der Waals surface area contributed by atoms with Gasteiger partial charge in [0, 0.05) is 17.5 Å². The number of likely N-dealkylation sites (tertiary alicyclic amines) is 1. The molecule has 0 aromatic carbocycles. The van der Waals surface area contributed by atoms with Crippen molar-refractivity contribution in [3.8, 4) is 0 Å². The van der Waals surface area contributed by atoms with E-state index in [1.165, 1.54) is 6.42 Å². The van der Waals surface area contributed by atoms with Crippen LogP contribution in [0, 0.1) is 11.3 Å². The molecule has 0 aliphatic carbocycles. The molecule has 2 aliphatic rings. The molecule has 0 aromatic rings. The zero-order valence-corrected chi connectivity index (χ0v) is 11.0. The van der Waals surface area contributed by atoms with Gasteiger partial charge in [0.1, 0.15) is 6.23 Å². The van der Waals surface area contributed by atoms with Crippen molar-refractivity contribution in [1.82, 2.24) is 4.90 Å². The van der Waals surface area contributed by atoms with E-state index in [2.05, 4.69) is 46.4 Å². The number of nitrogens with zero attached hydrogens (tertiary/aromatic N) is 1. The van der Waals surface area contributed by atoms with Crippen molar-refractivity contribution in [2.75, 3.05) is 6.61 Å². The zero-order chi connectivity index (χ0) is 11.4. The van der Waals surface area contributed by atoms with Gasteiger partial charge in [-0.05, 0) is 32.6 Å². The summed E-state index contributed by atoms with van der Waals surface area (Å²) < 4.78 is 5.84. The lowest BCUT2D eigenvalue weighted by atomic mass is 9.78. The second kappa shape index (κ2) is 3.21. The molecule has 0 amide bonds. The van der Waals surface area contributed by atoms with Crippen molar-refractivity contribution in [3.05, 3.63) is 0 Å². The van der Waals surface area contributed by atoms with Gasteiger partial charge in [-0.2, -0.15) is 0 Å². The molecule has 2 saturated heterocycles. The van der Waals surface area contributed by atoms with Crippen molar-refractivity contribution in [3.63, 3.8) is 0 Å². The molecule has 2 nitrogen and oxygen atoms in total. The summed E-state index contributed by atoms with van der Waals surface area (Å²) in [6.45, 7) is 15.0. The standard InChI is InChI=1S/C13H25NO/c1-12(2,3)11-9-7-10(15-8-9)14(11)13(4,5)6/h9-11H,7-8H2,1-6H3. The topological polar surface area (TPSA) is 12.5 Å². The van der Waals surface area contributed by atoms with Crippen molar-refractivity contribution in [2.24, 2.45) is 11.3 Å². The van der Waals surface area contributed by atoms with Crippen LogP contribution in [0.5, 0.6) is 0 Å². The lowest BCUT2D eigenvalue weighted by Crippen LogP contribution is -2.57. The van der Waals surface area contributed by atoms with Crippen LogP contribution in [0.2, 0.25) is 0 Å². The van der Waals surface area contributed by atoms with Crippen molar-refractivity contribution < 1.29 is 4.74 Å². The summed E-state index contributed by atoms with van der Waals surface area (Å²) in [5, 5.41) is 0. The molecule has 0 spiro atoms. The van der Waals surface area contributed by atoms with Gasteiger partial charge in [0.15, 0.2) is 0 Å². The fraction of sp³-hybridized carbons (Fsp3) is 1.00. The number of fused-ring (bicyclic) bond motifs is 2. The Kier molecular flexibility index (Phi) is 2.44. The molecule has 3 atom stereocenters. The molecule has 2 fully saturated rings. The summed E-state index contributed by atoms with van der Waals surface area (Å²) in [5.41, 5.74) is 0.578. The molecule has 88 valence electrons. The number of ether oxygens (including phenoxy) is 1. The van der Waals surface area contributed by atoms with Gasteiger partial charge in [0.05, 0.1) is 6.61 Å². The summed E-state index contributed by atoms with van der Waals surface area (Å²) in [6, 6.07) is 0.677. The van der Waals surface area contributed by atoms with Gasteiger partial charge in [-0.1, -0.05) is 20.8 Å². The third-order valence-electron chi connectivity index (χ3n) is 3.73. The lowest BCUT2D eigenvalue weighted by Gasteiger charge is -2.49. The van der Waals surface area contributed by atoms with E-state index in [9.17, 15) is 0 Å². The molecule has 2 aliphatic heterocycles. The predicted octanol–water partition coefficient (Wildman–Crippen LogP) is 2.88. The molecule has 3 unspecified atom stereocenters. The first kappa shape index (κ1) is 11.4. The smallest absolute Gasteiger partial charge is 0.111 e. The van der Waals surface area contributed by atoms with Gasteiger partial charge < -0.3 is 4.74 Å². The molecular formula is C13H25NO. The first-order valence-corrected chi connectivity index (χ1v) is 6.11. The van der Waals surface area contributed by atoms with Gasteiger partial charge in [0.25, 0.3) is 0 Å². The van der Waals surface area contributed by atoms with E-state index in [1.807, 2.05) is 0 Å². The van der Waals surface area contributed by atoms with Crippen LogP contribution in [0.25, 0.3) is 0 Å². The van der Waals surface area contributed by atoms with Gasteiger partial charge in [-0.15, -0.1) is 0 Å². The molecule has 2 heteroatoms. The highest BCUT2D eigenvalue weighted by atomic mass is 16.5. The van der Waals surface area contributed by atoms with Crippen LogP contribution in [-0.4, -0.2) is 29.3 Å². The average Bonchev–Trinajstić information content (AvgIpc) is 2.56. The third kappa shape index (κ3) is 1.83. The first-order chi connectivity index (χ1) is 6.71. The molecule has 0 radical (unpaired) electrons. The van der Waals surface area contributed by atoms with Crippen molar-refractivity contribution >= 4 is 0 Å². The quantitative estimate of drug-likeness (QED) is 0.611. The van der Waals surface area contributed by atoms with Crippen molar-refractivity contribution in [1.29, 1.82) is 0 Å². The molecule has 2 heterocycles. The Morgan fingerprint density at radius 2 is 1.67 bits per heavy atom. The Bertz CT molecular complexity index is 222. The first-order valence-electron chi connectivity index (χ1n) is 6.11. The Labute approximate surface area is 94.0 Å². The summed E-state index contributed by atoms with van der Waals surface area (Å²) in [7, 11) is 0. The normalized spacial score (nSPS) is 37.6. The van der Waals surface area contributed by atoms with E-state index in [-0.39, 0.29) is 5.54 Å². The average molecular weight is 211 g/mol. The molecule has 15 heavy (non-hydrogen) atoms. The van der Waals surface area contributed by atoms with Gasteiger partial charge in [0.2, 0.25) is 0 Å². The second-order valence-electron chi connectivity index (χ2n) is 7.17. The summed E-state index contributed by atoms with van der Waals surface area (Å²) >= 11 is 0. The molecule has 0 saturated carbocycles. The number of hydrogen-bond donors (Lipinski definition) is 0. The fourth-order valence-corrected chi connectivity index (χ4v) is 3.42. The van der Waals surface area contributed by atoms with Crippen LogP contribution < -0.4 is 0 Å². The van der Waals surface area contributed by atoms with Crippen LogP contribution in [0.1, 0.15) is 48.0 Å². The van der Waals surface area contributed by atoms with E-state index in [4.69, 9.17) is 4.74 Å². The number of hydrogen-bond acceptors (Lipinski definition) is 2. The minimum absolute atomic E-state index is 0.220. The molecule has 2 rings (SSSR count). The van der Waals surface area contributed by atoms with Crippen LogP contribution in [0.3, 0.4) is 0 Å². The van der Waals surface area contributed by atoms with Gasteiger partial charge in [-0.3, -0.25) is 4.90 Å². The van der Waals surface area contributed by atoms with Gasteiger partial charge in [-0.25, -0.2) is 0 Å². The maximum atomic E-state index is 5.84. The van der Waals surface area contributed by atoms with Crippen LogP contribution in [0.4, 0.5) is 0 Å². The zero-order valence-electron chi connectivity index (χ0n) is 11.0. The van der Waals surface area contributed by atoms with E-state index in [0.717, 1.165) is 12.5 Å². The van der Waals surface area contributed by atoms with Gasteiger partial charge >= 0.3 is 0 Å². The predicted molar refractivity (Wildman–Crippen MR) is 62.7 cm³/mol. The maximum Gasteiger partial charge on any atom is 0.111 e. The molecular weight excluding hydrogens is 186 g/mol. The van der Waals surface area contributed by atoms with Crippen LogP contribution in [0.15, 0.2) is 0 Å². The van der Waals surface area contributed by atoms with Crippen LogP contribution in [-0.2, 0) is 4.74 Å². The minimum Gasteiger partial charge on any atom is -0.363 e. The van der Waals surface area contributed by atoms with E-state index in [1.54, 1.807) is 0 Å². The van der Waals surface area contributed by atoms with Crippen molar-refractivity contribution in [2.45, 2.75) is 65.8 Å². The Balaban J connectivity index is 2.28. The minimum atomic E-state index is 0.220. The Morgan fingerprint density at radius 1 is 1.07 bits per heavy atom. The number of rotatable bonds is 0. The third-order valence-corrected chi connectivity index (χ3v) is 3.73. The van der Waals surface area contributed by atoms with E-state index in [0.29, 0.717) is 17.7 Å². The maximum absolute atomic E-state index is 5.84. The van der Waals surface area contributed by atoms with E-state index >= 15 is 0 Å². The fourth-order valence-electron chi connectivity index (χ4n) is 3.42. The lowest BCUT2D eigenvalue weighted by molar-refractivity contribution is -0.132. The highest BCUT2D eigenvalue weighted by molar-refractivity contribution is 5.03. The molecule has 0 aromatic heterocycles. The SMILES string of the molecule is CC(C)(C)C1C2COC(C2)N1C(C)(C)C. The molecule has 0 N–H and O–H groups in total. The second-order valence-corrected chi connectivity index (χ2v) is 7.17. The van der Waals surface area contributed by atoms with Crippen LogP contribution >= 0.6 is 0 Å².